The van der Waals surface area contributed by atoms with Crippen molar-refractivity contribution in [2.45, 2.75) is 33.2 Å². The molecule has 2 aromatic rings. The molecule has 0 saturated carbocycles. The highest BCUT2D eigenvalue weighted by molar-refractivity contribution is 5.89. The normalized spacial score (nSPS) is 13.0. The van der Waals surface area contributed by atoms with Crippen molar-refractivity contribution in [2.75, 3.05) is 7.11 Å². The maximum atomic E-state index is 5.96. The monoisotopic (exact) mass is 246 g/mol. The molecular formula is C15H22N2O. The minimum atomic E-state index is 0.167. The predicted octanol–water partition coefficient (Wildman–Crippen LogP) is 2.69. The zero-order valence-corrected chi connectivity index (χ0v) is 11.9. The van der Waals surface area contributed by atoms with Crippen LogP contribution in [-0.2, 0) is 13.5 Å². The molecule has 0 spiro atoms. The minimum absolute atomic E-state index is 0.167. The van der Waals surface area contributed by atoms with Gasteiger partial charge in [-0.3, -0.25) is 0 Å². The fourth-order valence-corrected chi connectivity index (χ4v) is 2.68. The number of nitrogens with two attached hydrogens (primary N) is 1. The summed E-state index contributed by atoms with van der Waals surface area (Å²) in [6.07, 6.45) is 0.899. The number of fused-ring (bicyclic) bond motifs is 1. The van der Waals surface area contributed by atoms with Crippen molar-refractivity contribution >= 4 is 10.9 Å². The second-order valence-corrected chi connectivity index (χ2v) is 5.14. The van der Waals surface area contributed by atoms with E-state index in [1.807, 2.05) is 6.92 Å². The van der Waals surface area contributed by atoms with Crippen molar-refractivity contribution in [2.24, 2.45) is 12.8 Å². The van der Waals surface area contributed by atoms with Gasteiger partial charge in [-0.2, -0.15) is 0 Å². The number of benzene rings is 1. The van der Waals surface area contributed by atoms with Crippen LogP contribution in [-0.4, -0.2) is 17.7 Å². The maximum absolute atomic E-state index is 5.96. The lowest BCUT2D eigenvalue weighted by atomic mass is 10.0. The average Bonchev–Trinajstić information content (AvgIpc) is 2.54. The molecule has 0 aliphatic heterocycles. The molecule has 18 heavy (non-hydrogen) atoms. The van der Waals surface area contributed by atoms with Crippen LogP contribution < -0.4 is 10.5 Å². The summed E-state index contributed by atoms with van der Waals surface area (Å²) in [5.74, 6) is 0.913. The molecule has 0 radical (unpaired) electrons. The Balaban J connectivity index is 2.76. The van der Waals surface area contributed by atoms with Crippen LogP contribution in [0.2, 0.25) is 0 Å². The van der Waals surface area contributed by atoms with Gasteiger partial charge in [0.1, 0.15) is 5.75 Å². The Hall–Kier alpha value is -1.48. The summed E-state index contributed by atoms with van der Waals surface area (Å²) in [5.41, 5.74) is 11.1. The summed E-state index contributed by atoms with van der Waals surface area (Å²) in [7, 11) is 3.82. The smallest absolute Gasteiger partial charge is 0.119 e. The summed E-state index contributed by atoms with van der Waals surface area (Å²) < 4.78 is 7.62. The van der Waals surface area contributed by atoms with Crippen molar-refractivity contribution in [1.82, 2.24) is 4.57 Å². The van der Waals surface area contributed by atoms with E-state index in [2.05, 4.69) is 37.6 Å². The second-order valence-electron chi connectivity index (χ2n) is 5.14. The van der Waals surface area contributed by atoms with Gasteiger partial charge in [-0.25, -0.2) is 0 Å². The van der Waals surface area contributed by atoms with Gasteiger partial charge in [0.05, 0.1) is 12.6 Å². The molecule has 1 heterocycles. The number of nitrogens with zero attached hydrogens (tertiary/aromatic N) is 1. The Bertz CT molecular complexity index is 582. The fourth-order valence-electron chi connectivity index (χ4n) is 2.68. The van der Waals surface area contributed by atoms with Crippen LogP contribution >= 0.6 is 0 Å². The van der Waals surface area contributed by atoms with Gasteiger partial charge in [-0.1, -0.05) is 0 Å². The summed E-state index contributed by atoms with van der Waals surface area (Å²) in [6.45, 7) is 6.33. The first-order valence-corrected chi connectivity index (χ1v) is 6.33. The number of rotatable bonds is 3. The van der Waals surface area contributed by atoms with E-state index in [1.54, 1.807) is 7.11 Å². The maximum Gasteiger partial charge on any atom is 0.119 e. The first-order chi connectivity index (χ1) is 8.45. The third-order valence-corrected chi connectivity index (χ3v) is 3.64. The van der Waals surface area contributed by atoms with E-state index in [0.717, 1.165) is 12.2 Å². The van der Waals surface area contributed by atoms with Gasteiger partial charge in [-0.05, 0) is 50.5 Å². The molecule has 0 fully saturated rings. The lowest BCUT2D eigenvalue weighted by Crippen LogP contribution is -2.18. The van der Waals surface area contributed by atoms with E-state index in [4.69, 9.17) is 10.5 Å². The van der Waals surface area contributed by atoms with Crippen LogP contribution in [0.4, 0.5) is 0 Å². The van der Waals surface area contributed by atoms with Crippen molar-refractivity contribution < 1.29 is 4.74 Å². The molecule has 1 aromatic heterocycles. The summed E-state index contributed by atoms with van der Waals surface area (Å²) in [4.78, 5) is 0. The van der Waals surface area contributed by atoms with Crippen molar-refractivity contribution in [1.29, 1.82) is 0 Å². The molecule has 0 aliphatic carbocycles. The number of methoxy groups -OCH3 is 1. The molecule has 0 aliphatic rings. The number of ether oxygens (including phenoxy) is 1. The number of hydrogen-bond donors (Lipinski definition) is 1. The SMILES string of the molecule is COc1cc(C)c2c(c1)c(CC(C)N)c(C)n2C. The van der Waals surface area contributed by atoms with Gasteiger partial charge in [-0.15, -0.1) is 0 Å². The molecule has 2 rings (SSSR count). The van der Waals surface area contributed by atoms with Crippen LogP contribution in [0.1, 0.15) is 23.7 Å². The fraction of sp³-hybridized carbons (Fsp3) is 0.467. The van der Waals surface area contributed by atoms with Crippen LogP contribution in [0.25, 0.3) is 10.9 Å². The van der Waals surface area contributed by atoms with Gasteiger partial charge in [0, 0.05) is 24.2 Å². The van der Waals surface area contributed by atoms with Crippen molar-refractivity contribution in [3.05, 3.63) is 29.0 Å². The summed E-state index contributed by atoms with van der Waals surface area (Å²) in [5, 5.41) is 1.27. The average molecular weight is 246 g/mol. The molecular weight excluding hydrogens is 224 g/mol. The Morgan fingerprint density at radius 2 is 2.00 bits per heavy atom. The molecule has 0 amide bonds. The van der Waals surface area contributed by atoms with E-state index in [9.17, 15) is 0 Å². The lowest BCUT2D eigenvalue weighted by molar-refractivity contribution is 0.415. The molecule has 0 bridgehead atoms. The molecule has 3 heteroatoms. The lowest BCUT2D eigenvalue weighted by Gasteiger charge is -2.07. The van der Waals surface area contributed by atoms with E-state index < -0.39 is 0 Å². The third-order valence-electron chi connectivity index (χ3n) is 3.64. The zero-order valence-electron chi connectivity index (χ0n) is 11.9. The van der Waals surface area contributed by atoms with Gasteiger partial charge < -0.3 is 15.0 Å². The van der Waals surface area contributed by atoms with Crippen LogP contribution in [0.5, 0.6) is 5.75 Å². The van der Waals surface area contributed by atoms with Crippen LogP contribution in [0, 0.1) is 13.8 Å². The van der Waals surface area contributed by atoms with E-state index >= 15 is 0 Å². The van der Waals surface area contributed by atoms with Gasteiger partial charge in [0.15, 0.2) is 0 Å². The largest absolute Gasteiger partial charge is 0.497 e. The molecule has 3 nitrogen and oxygen atoms in total. The summed E-state index contributed by atoms with van der Waals surface area (Å²) in [6, 6.07) is 4.37. The Labute approximate surface area is 109 Å². The number of hydrogen-bond acceptors (Lipinski definition) is 2. The topological polar surface area (TPSA) is 40.2 Å². The van der Waals surface area contributed by atoms with E-state index in [1.165, 1.54) is 27.7 Å². The Kier molecular flexibility index (Phi) is 3.35. The standard InChI is InChI=1S/C15H22N2O/c1-9-6-12(18-5)8-14-13(7-10(2)16)11(3)17(4)15(9)14/h6,8,10H,7,16H2,1-5H3. The van der Waals surface area contributed by atoms with E-state index in [-0.39, 0.29) is 6.04 Å². The molecule has 1 atom stereocenters. The number of aryl methyl sites for hydroxylation is 2. The highest BCUT2D eigenvalue weighted by Crippen LogP contribution is 2.32. The Morgan fingerprint density at radius 1 is 1.33 bits per heavy atom. The quantitative estimate of drug-likeness (QED) is 0.904. The number of aromatic nitrogens is 1. The van der Waals surface area contributed by atoms with Crippen molar-refractivity contribution in [3.8, 4) is 5.75 Å². The Morgan fingerprint density at radius 3 is 2.56 bits per heavy atom. The summed E-state index contributed by atoms with van der Waals surface area (Å²) >= 11 is 0. The molecule has 98 valence electrons. The first-order valence-electron chi connectivity index (χ1n) is 6.33. The molecule has 2 N–H and O–H groups in total. The molecule has 1 unspecified atom stereocenters. The van der Waals surface area contributed by atoms with Crippen LogP contribution in [0.3, 0.4) is 0 Å². The van der Waals surface area contributed by atoms with Crippen molar-refractivity contribution in [3.63, 3.8) is 0 Å². The third kappa shape index (κ3) is 1.99. The van der Waals surface area contributed by atoms with E-state index in [0.29, 0.717) is 0 Å². The van der Waals surface area contributed by atoms with Gasteiger partial charge in [0.25, 0.3) is 0 Å². The minimum Gasteiger partial charge on any atom is -0.497 e. The van der Waals surface area contributed by atoms with Gasteiger partial charge >= 0.3 is 0 Å². The second kappa shape index (κ2) is 4.65. The first kappa shape index (κ1) is 13.0. The molecule has 0 saturated heterocycles. The zero-order chi connectivity index (χ0) is 13.4. The highest BCUT2D eigenvalue weighted by Gasteiger charge is 2.15. The molecule has 1 aromatic carbocycles. The van der Waals surface area contributed by atoms with Gasteiger partial charge in [0.2, 0.25) is 0 Å². The van der Waals surface area contributed by atoms with Crippen LogP contribution in [0.15, 0.2) is 12.1 Å². The highest BCUT2D eigenvalue weighted by atomic mass is 16.5. The predicted molar refractivity (Wildman–Crippen MR) is 76.3 cm³/mol.